The Morgan fingerprint density at radius 1 is 0.447 bits per heavy atom. The van der Waals surface area contributed by atoms with E-state index in [0.717, 1.165) is 11.4 Å². The first-order valence-corrected chi connectivity index (χ1v) is 12.0. The van der Waals surface area contributed by atoms with Crippen LogP contribution in [0.25, 0.3) is 56.2 Å². The number of rotatable bonds is 4. The van der Waals surface area contributed by atoms with Gasteiger partial charge in [-0.25, -0.2) is 28.1 Å². The topological polar surface area (TPSA) is 61.4 Å². The molecule has 0 spiro atoms. The highest BCUT2D eigenvalue weighted by Gasteiger charge is 2.23. The van der Waals surface area contributed by atoms with Gasteiger partial charge in [-0.05, 0) is 72.8 Å². The van der Waals surface area contributed by atoms with E-state index in [1.807, 2.05) is 60.7 Å². The lowest BCUT2D eigenvalue weighted by Crippen LogP contribution is -2.01. The molecule has 0 fully saturated rings. The maximum absolute atomic E-state index is 13.7. The number of fused-ring (bicyclic) bond motifs is 2. The van der Waals surface area contributed by atoms with Crippen molar-refractivity contribution in [2.24, 2.45) is 0 Å². The smallest absolute Gasteiger partial charge is 0.184 e. The summed E-state index contributed by atoms with van der Waals surface area (Å²) >= 11 is 0. The van der Waals surface area contributed by atoms with Crippen LogP contribution < -0.4 is 0 Å². The Hall–Kier alpha value is -5.24. The molecule has 0 bridgehead atoms. The van der Waals surface area contributed by atoms with Crippen LogP contribution in [0.3, 0.4) is 0 Å². The molecule has 0 N–H and O–H groups in total. The van der Waals surface area contributed by atoms with E-state index >= 15 is 0 Å². The first-order chi connectivity index (χ1) is 18.7. The van der Waals surface area contributed by atoms with Gasteiger partial charge in [0.1, 0.15) is 34.1 Å². The molecule has 6 nitrogen and oxygen atoms in total. The summed E-state index contributed by atoms with van der Waals surface area (Å²) in [7, 11) is 0. The normalized spacial score (nSPS) is 11.4. The van der Waals surface area contributed by atoms with Crippen LogP contribution in [0.15, 0.2) is 109 Å². The quantitative estimate of drug-likeness (QED) is 0.268. The summed E-state index contributed by atoms with van der Waals surface area (Å²) < 4.78 is 30.9. The third-order valence-electron chi connectivity index (χ3n) is 6.35. The van der Waals surface area contributed by atoms with Crippen molar-refractivity contribution in [3.05, 3.63) is 121 Å². The molecule has 38 heavy (non-hydrogen) atoms. The molecule has 0 saturated heterocycles. The van der Waals surface area contributed by atoms with Gasteiger partial charge in [-0.1, -0.05) is 36.4 Å². The Labute approximate surface area is 215 Å². The number of nitrogens with zero attached hydrogens (tertiary/aromatic N) is 6. The average molecular weight is 501 g/mol. The van der Waals surface area contributed by atoms with E-state index in [1.54, 1.807) is 33.6 Å². The van der Waals surface area contributed by atoms with Crippen molar-refractivity contribution >= 4 is 22.3 Å². The minimum atomic E-state index is -0.336. The highest BCUT2D eigenvalue weighted by molar-refractivity contribution is 5.98. The van der Waals surface area contributed by atoms with Crippen molar-refractivity contribution in [3.8, 4) is 33.9 Å². The first kappa shape index (κ1) is 22.0. The molecule has 0 aliphatic rings. The second-order valence-electron chi connectivity index (χ2n) is 8.77. The molecule has 0 aliphatic carbocycles. The largest absolute Gasteiger partial charge is 0.236 e. The molecule has 0 amide bonds. The van der Waals surface area contributed by atoms with Crippen LogP contribution in [0.2, 0.25) is 0 Å². The molecular formula is C30H18F2N6. The highest BCUT2D eigenvalue weighted by atomic mass is 19.1. The summed E-state index contributed by atoms with van der Waals surface area (Å²) in [6.45, 7) is 0. The predicted octanol–water partition coefficient (Wildman–Crippen LogP) is 6.77. The molecule has 8 heteroatoms. The number of halogens is 2. The number of hydrogen-bond donors (Lipinski definition) is 0. The third kappa shape index (κ3) is 3.62. The molecule has 7 rings (SSSR count). The van der Waals surface area contributed by atoms with Crippen molar-refractivity contribution < 1.29 is 8.78 Å². The van der Waals surface area contributed by atoms with Gasteiger partial charge in [0.25, 0.3) is 0 Å². The summed E-state index contributed by atoms with van der Waals surface area (Å²) in [6, 6.07) is 31.6. The second-order valence-corrected chi connectivity index (χ2v) is 8.77. The predicted molar refractivity (Wildman–Crippen MR) is 142 cm³/mol. The van der Waals surface area contributed by atoms with Gasteiger partial charge in [0.05, 0.1) is 11.4 Å². The molecule has 3 aromatic heterocycles. The van der Waals surface area contributed by atoms with Gasteiger partial charge in [0, 0.05) is 11.1 Å². The third-order valence-corrected chi connectivity index (χ3v) is 6.35. The minimum Gasteiger partial charge on any atom is -0.236 e. The lowest BCUT2D eigenvalue weighted by molar-refractivity contribution is 0.627. The molecule has 0 atom stereocenters. The minimum absolute atomic E-state index is 0.336. The summed E-state index contributed by atoms with van der Waals surface area (Å²) in [5.74, 6) is -0.673. The van der Waals surface area contributed by atoms with Gasteiger partial charge < -0.3 is 0 Å². The van der Waals surface area contributed by atoms with Gasteiger partial charge in [-0.3, -0.25) is 0 Å². The van der Waals surface area contributed by atoms with Crippen LogP contribution in [0.1, 0.15) is 0 Å². The number of para-hydroxylation sites is 2. The van der Waals surface area contributed by atoms with E-state index in [1.165, 1.54) is 24.3 Å². The van der Waals surface area contributed by atoms with E-state index in [2.05, 4.69) is 0 Å². The molecule has 182 valence electrons. The SMILES string of the molecule is Fc1ccc(-c2nn(-c3ccccc3)c3nc4c(nc23)c(-c2ccc(F)cc2)nn4-c2ccccc2)cc1. The van der Waals surface area contributed by atoms with Crippen LogP contribution in [0.4, 0.5) is 8.78 Å². The molecule has 7 aromatic rings. The Balaban J connectivity index is 1.59. The highest BCUT2D eigenvalue weighted by Crippen LogP contribution is 2.33. The summed E-state index contributed by atoms with van der Waals surface area (Å²) in [5.41, 5.74) is 6.32. The van der Waals surface area contributed by atoms with E-state index in [9.17, 15) is 8.78 Å². The number of benzene rings is 4. The van der Waals surface area contributed by atoms with Crippen LogP contribution in [-0.2, 0) is 0 Å². The zero-order valence-corrected chi connectivity index (χ0v) is 19.8. The number of hydrogen-bond acceptors (Lipinski definition) is 4. The van der Waals surface area contributed by atoms with Gasteiger partial charge >= 0.3 is 0 Å². The molecule has 4 aromatic carbocycles. The average Bonchev–Trinajstić information content (AvgIpc) is 3.52. The summed E-state index contributed by atoms with van der Waals surface area (Å²) in [4.78, 5) is 10.1. The zero-order chi connectivity index (χ0) is 25.6. The lowest BCUT2D eigenvalue weighted by Gasteiger charge is -2.04. The van der Waals surface area contributed by atoms with Gasteiger partial charge in [0.15, 0.2) is 11.3 Å². The van der Waals surface area contributed by atoms with Crippen LogP contribution in [0.5, 0.6) is 0 Å². The Morgan fingerprint density at radius 2 is 0.842 bits per heavy atom. The fraction of sp³-hybridized carbons (Fsp3) is 0. The monoisotopic (exact) mass is 500 g/mol. The maximum Gasteiger partial charge on any atom is 0.184 e. The lowest BCUT2D eigenvalue weighted by atomic mass is 10.1. The van der Waals surface area contributed by atoms with Gasteiger partial charge in [-0.15, -0.1) is 0 Å². The van der Waals surface area contributed by atoms with Gasteiger partial charge in [0.2, 0.25) is 0 Å². The van der Waals surface area contributed by atoms with Crippen LogP contribution in [-0.4, -0.2) is 29.5 Å². The van der Waals surface area contributed by atoms with Crippen molar-refractivity contribution in [1.29, 1.82) is 0 Å². The van der Waals surface area contributed by atoms with E-state index < -0.39 is 0 Å². The fourth-order valence-corrected chi connectivity index (χ4v) is 4.52. The zero-order valence-electron chi connectivity index (χ0n) is 19.8. The van der Waals surface area contributed by atoms with E-state index in [-0.39, 0.29) is 11.6 Å². The first-order valence-electron chi connectivity index (χ1n) is 12.0. The Bertz CT molecular complexity index is 1770. The maximum atomic E-state index is 13.7. The molecule has 0 radical (unpaired) electrons. The molecule has 0 saturated carbocycles. The molecular weight excluding hydrogens is 482 g/mol. The van der Waals surface area contributed by atoms with E-state index in [4.69, 9.17) is 20.2 Å². The Kier molecular flexibility index (Phi) is 5.04. The standard InChI is InChI=1S/C30H18F2N6/c31-21-15-11-19(12-16-21)25-27-29(37(35-25)23-7-3-1-4-8-23)34-30-28(33-27)26(20-13-17-22(32)18-14-20)36-38(30)24-9-5-2-6-10-24/h1-18H. The summed E-state index contributed by atoms with van der Waals surface area (Å²) in [5, 5.41) is 9.74. The van der Waals surface area contributed by atoms with Crippen molar-refractivity contribution in [3.63, 3.8) is 0 Å². The van der Waals surface area contributed by atoms with Crippen molar-refractivity contribution in [1.82, 2.24) is 29.5 Å². The summed E-state index contributed by atoms with van der Waals surface area (Å²) in [6.07, 6.45) is 0. The van der Waals surface area contributed by atoms with Crippen molar-refractivity contribution in [2.45, 2.75) is 0 Å². The molecule has 0 unspecified atom stereocenters. The molecule has 3 heterocycles. The van der Waals surface area contributed by atoms with Gasteiger partial charge in [-0.2, -0.15) is 10.2 Å². The second kappa shape index (κ2) is 8.70. The van der Waals surface area contributed by atoms with E-state index in [0.29, 0.717) is 44.8 Å². The van der Waals surface area contributed by atoms with Crippen LogP contribution >= 0.6 is 0 Å². The Morgan fingerprint density at radius 3 is 1.24 bits per heavy atom. The fourth-order valence-electron chi connectivity index (χ4n) is 4.52. The number of aromatic nitrogens is 6. The van der Waals surface area contributed by atoms with Crippen LogP contribution in [0, 0.1) is 11.6 Å². The van der Waals surface area contributed by atoms with Crippen molar-refractivity contribution in [2.75, 3.05) is 0 Å². The molecule has 0 aliphatic heterocycles.